The van der Waals surface area contributed by atoms with Crippen molar-refractivity contribution in [1.82, 2.24) is 10.6 Å². The molecule has 0 bridgehead atoms. The highest BCUT2D eigenvalue weighted by Gasteiger charge is 2.23. The average molecular weight is 378 g/mol. The summed E-state index contributed by atoms with van der Waals surface area (Å²) in [6.45, 7) is 3.32. The van der Waals surface area contributed by atoms with Crippen molar-refractivity contribution in [2.75, 3.05) is 36.8 Å². The van der Waals surface area contributed by atoms with Crippen LogP contribution in [-0.4, -0.2) is 38.0 Å². The maximum Gasteiger partial charge on any atom is 0.228 e. The minimum absolute atomic E-state index is 0.0578. The van der Waals surface area contributed by atoms with Gasteiger partial charge in [-0.25, -0.2) is 0 Å². The summed E-state index contributed by atoms with van der Waals surface area (Å²) in [6, 6.07) is 15.7. The fourth-order valence-electron chi connectivity index (χ4n) is 3.74. The molecule has 4 rings (SSSR count). The van der Waals surface area contributed by atoms with Crippen LogP contribution in [0.4, 0.5) is 11.4 Å². The van der Waals surface area contributed by atoms with Crippen LogP contribution in [0.25, 0.3) is 11.1 Å². The van der Waals surface area contributed by atoms with Gasteiger partial charge in [0.05, 0.1) is 11.8 Å². The van der Waals surface area contributed by atoms with E-state index in [0.29, 0.717) is 0 Å². The summed E-state index contributed by atoms with van der Waals surface area (Å²) in [5.41, 5.74) is 3.77. The van der Waals surface area contributed by atoms with Gasteiger partial charge in [-0.2, -0.15) is 0 Å². The zero-order valence-electron chi connectivity index (χ0n) is 15.8. The highest BCUT2D eigenvalue weighted by Crippen LogP contribution is 2.24. The van der Waals surface area contributed by atoms with Crippen LogP contribution in [0.15, 0.2) is 48.5 Å². The topological polar surface area (TPSA) is 82.3 Å². The van der Waals surface area contributed by atoms with Gasteiger partial charge in [0.2, 0.25) is 11.8 Å². The quantitative estimate of drug-likeness (QED) is 0.644. The van der Waals surface area contributed by atoms with E-state index in [1.165, 1.54) is 0 Å². The Hall–Kier alpha value is -2.70. The number of hydrogen-bond donors (Lipinski definition) is 4. The molecule has 2 heterocycles. The SMILES string of the molecule is O=C(Nc1ccc(-c2ccc(NC(=O)C3CCNC3)cc2)cc1)C1CCNC1. The molecule has 0 saturated carbocycles. The van der Waals surface area contributed by atoms with Crippen molar-refractivity contribution in [3.63, 3.8) is 0 Å². The Morgan fingerprint density at radius 2 is 1.07 bits per heavy atom. The van der Waals surface area contributed by atoms with E-state index in [9.17, 15) is 9.59 Å². The first-order valence-corrected chi connectivity index (χ1v) is 9.93. The lowest BCUT2D eigenvalue weighted by atomic mass is 10.0. The van der Waals surface area contributed by atoms with Gasteiger partial charge in [0.25, 0.3) is 0 Å². The number of hydrogen-bond acceptors (Lipinski definition) is 4. The molecule has 4 N–H and O–H groups in total. The van der Waals surface area contributed by atoms with Crippen molar-refractivity contribution >= 4 is 23.2 Å². The minimum atomic E-state index is 0.0578. The molecule has 6 nitrogen and oxygen atoms in total. The normalized spacial score (nSPS) is 21.4. The molecule has 2 aromatic rings. The Kier molecular flexibility index (Phi) is 5.69. The molecule has 2 aliphatic rings. The molecular formula is C22H26N4O2. The van der Waals surface area contributed by atoms with Crippen LogP contribution in [0.3, 0.4) is 0 Å². The van der Waals surface area contributed by atoms with Crippen molar-refractivity contribution in [2.24, 2.45) is 11.8 Å². The number of nitrogens with one attached hydrogen (secondary N) is 4. The molecule has 0 aliphatic carbocycles. The first-order valence-electron chi connectivity index (χ1n) is 9.93. The summed E-state index contributed by atoms with van der Waals surface area (Å²) in [5, 5.41) is 12.4. The summed E-state index contributed by atoms with van der Waals surface area (Å²) in [7, 11) is 0. The molecule has 146 valence electrons. The van der Waals surface area contributed by atoms with Gasteiger partial charge in [0, 0.05) is 24.5 Å². The highest BCUT2D eigenvalue weighted by molar-refractivity contribution is 5.94. The Bertz CT molecular complexity index is 749. The fourth-order valence-corrected chi connectivity index (χ4v) is 3.74. The van der Waals surface area contributed by atoms with E-state index in [-0.39, 0.29) is 23.7 Å². The first kappa shape index (κ1) is 18.7. The highest BCUT2D eigenvalue weighted by atomic mass is 16.2. The Morgan fingerprint density at radius 1 is 0.679 bits per heavy atom. The lowest BCUT2D eigenvalue weighted by Crippen LogP contribution is -2.24. The Balaban J connectivity index is 1.36. The third kappa shape index (κ3) is 4.40. The van der Waals surface area contributed by atoms with Crippen molar-refractivity contribution < 1.29 is 9.59 Å². The third-order valence-electron chi connectivity index (χ3n) is 5.50. The molecule has 2 atom stereocenters. The largest absolute Gasteiger partial charge is 0.326 e. The molecule has 2 saturated heterocycles. The van der Waals surface area contributed by atoms with Crippen molar-refractivity contribution in [3.05, 3.63) is 48.5 Å². The fraction of sp³-hybridized carbons (Fsp3) is 0.364. The van der Waals surface area contributed by atoms with E-state index < -0.39 is 0 Å². The zero-order valence-corrected chi connectivity index (χ0v) is 15.8. The van der Waals surface area contributed by atoms with E-state index in [1.807, 2.05) is 48.5 Å². The molecule has 2 aromatic carbocycles. The van der Waals surface area contributed by atoms with Crippen LogP contribution in [0.5, 0.6) is 0 Å². The number of amides is 2. The van der Waals surface area contributed by atoms with Gasteiger partial charge in [-0.3, -0.25) is 9.59 Å². The maximum atomic E-state index is 12.2. The summed E-state index contributed by atoms with van der Waals surface area (Å²) in [5.74, 6) is 0.274. The molecule has 2 unspecified atom stereocenters. The van der Waals surface area contributed by atoms with E-state index in [2.05, 4.69) is 21.3 Å². The van der Waals surface area contributed by atoms with Gasteiger partial charge in [0.15, 0.2) is 0 Å². The van der Waals surface area contributed by atoms with E-state index in [0.717, 1.165) is 61.5 Å². The molecular weight excluding hydrogens is 352 g/mol. The van der Waals surface area contributed by atoms with Crippen molar-refractivity contribution in [3.8, 4) is 11.1 Å². The zero-order chi connectivity index (χ0) is 19.3. The second kappa shape index (κ2) is 8.54. The molecule has 2 amide bonds. The summed E-state index contributed by atoms with van der Waals surface area (Å²) >= 11 is 0. The maximum absolute atomic E-state index is 12.2. The summed E-state index contributed by atoms with van der Waals surface area (Å²) < 4.78 is 0. The van der Waals surface area contributed by atoms with Gasteiger partial charge < -0.3 is 21.3 Å². The monoisotopic (exact) mass is 378 g/mol. The molecule has 0 aromatic heterocycles. The molecule has 0 spiro atoms. The molecule has 2 fully saturated rings. The van der Waals surface area contributed by atoms with Crippen molar-refractivity contribution in [2.45, 2.75) is 12.8 Å². The molecule has 6 heteroatoms. The number of benzene rings is 2. The molecule has 28 heavy (non-hydrogen) atoms. The van der Waals surface area contributed by atoms with Crippen molar-refractivity contribution in [1.29, 1.82) is 0 Å². The second-order valence-electron chi connectivity index (χ2n) is 7.51. The number of rotatable bonds is 5. The Labute approximate surface area is 165 Å². The first-order chi connectivity index (χ1) is 13.7. The Morgan fingerprint density at radius 3 is 1.39 bits per heavy atom. The smallest absolute Gasteiger partial charge is 0.228 e. The van der Waals surface area contributed by atoms with E-state index in [1.54, 1.807) is 0 Å². The van der Waals surface area contributed by atoms with Gasteiger partial charge in [0.1, 0.15) is 0 Å². The average Bonchev–Trinajstić information content (AvgIpc) is 3.43. The van der Waals surface area contributed by atoms with Gasteiger partial charge in [-0.05, 0) is 61.3 Å². The number of anilines is 2. The summed E-state index contributed by atoms with van der Waals surface area (Å²) in [6.07, 6.45) is 1.79. The van der Waals surface area contributed by atoms with Crippen LogP contribution in [0, 0.1) is 11.8 Å². The number of carbonyl (C=O) groups excluding carboxylic acids is 2. The molecule has 0 radical (unpaired) electrons. The molecule has 2 aliphatic heterocycles. The predicted molar refractivity (Wildman–Crippen MR) is 111 cm³/mol. The van der Waals surface area contributed by atoms with Crippen LogP contribution in [0.1, 0.15) is 12.8 Å². The van der Waals surface area contributed by atoms with E-state index >= 15 is 0 Å². The van der Waals surface area contributed by atoms with Crippen LogP contribution in [-0.2, 0) is 9.59 Å². The van der Waals surface area contributed by atoms with Crippen LogP contribution < -0.4 is 21.3 Å². The second-order valence-corrected chi connectivity index (χ2v) is 7.51. The minimum Gasteiger partial charge on any atom is -0.326 e. The summed E-state index contributed by atoms with van der Waals surface area (Å²) in [4.78, 5) is 24.4. The standard InChI is InChI=1S/C22H26N4O2/c27-21(17-9-11-23-13-17)25-19-5-1-15(2-6-19)16-3-7-20(8-4-16)26-22(28)18-10-12-24-14-18/h1-8,17-18,23-24H,9-14H2,(H,25,27)(H,26,28). The number of carbonyl (C=O) groups is 2. The van der Waals surface area contributed by atoms with E-state index in [4.69, 9.17) is 0 Å². The lowest BCUT2D eigenvalue weighted by molar-refractivity contribution is -0.120. The van der Waals surface area contributed by atoms with Gasteiger partial charge in [-0.15, -0.1) is 0 Å². The van der Waals surface area contributed by atoms with Gasteiger partial charge in [-0.1, -0.05) is 24.3 Å². The van der Waals surface area contributed by atoms with Gasteiger partial charge >= 0.3 is 0 Å². The predicted octanol–water partition coefficient (Wildman–Crippen LogP) is 2.45. The lowest BCUT2D eigenvalue weighted by Gasteiger charge is -2.12. The third-order valence-corrected chi connectivity index (χ3v) is 5.50. The van der Waals surface area contributed by atoms with Crippen LogP contribution in [0.2, 0.25) is 0 Å². The van der Waals surface area contributed by atoms with Crippen LogP contribution >= 0.6 is 0 Å².